The molecule has 1 aliphatic carbocycles. The largest absolute Gasteiger partial charge is 0.316 e. The van der Waals surface area contributed by atoms with Crippen molar-refractivity contribution in [2.24, 2.45) is 11.3 Å². The molecule has 100 valence electrons. The summed E-state index contributed by atoms with van der Waals surface area (Å²) in [5.41, 5.74) is 3.42. The van der Waals surface area contributed by atoms with E-state index in [-0.39, 0.29) is 0 Å². The molecule has 1 nitrogen and oxygen atoms in total. The van der Waals surface area contributed by atoms with Gasteiger partial charge in [-0.3, -0.25) is 0 Å². The summed E-state index contributed by atoms with van der Waals surface area (Å²) in [7, 11) is 2.12. The van der Waals surface area contributed by atoms with Gasteiger partial charge < -0.3 is 5.32 Å². The summed E-state index contributed by atoms with van der Waals surface area (Å²) in [6, 6.07) is 9.41. The first-order valence-electron chi connectivity index (χ1n) is 7.26. The lowest BCUT2D eigenvalue weighted by Crippen LogP contribution is -2.40. The monoisotopic (exact) mass is 245 g/mol. The van der Waals surface area contributed by atoms with E-state index in [1.54, 1.807) is 0 Å². The van der Waals surface area contributed by atoms with Gasteiger partial charge in [0, 0.05) is 6.04 Å². The van der Waals surface area contributed by atoms with Gasteiger partial charge in [0.25, 0.3) is 0 Å². The van der Waals surface area contributed by atoms with Crippen LogP contribution in [0.5, 0.6) is 0 Å². The lowest BCUT2D eigenvalue weighted by atomic mass is 9.75. The lowest BCUT2D eigenvalue weighted by Gasteiger charge is -2.34. The van der Waals surface area contributed by atoms with Crippen molar-refractivity contribution in [2.45, 2.75) is 52.5 Å². The molecule has 1 aromatic carbocycles. The summed E-state index contributed by atoms with van der Waals surface area (Å²) in [6.07, 6.45) is 5.31. The van der Waals surface area contributed by atoms with Crippen LogP contribution in [-0.2, 0) is 6.42 Å². The van der Waals surface area contributed by atoms with E-state index >= 15 is 0 Å². The molecule has 1 saturated carbocycles. The number of aryl methyl sites for hydroxylation is 1. The van der Waals surface area contributed by atoms with Crippen LogP contribution in [0.2, 0.25) is 0 Å². The minimum Gasteiger partial charge on any atom is -0.316 e. The second kappa shape index (κ2) is 5.44. The zero-order valence-electron chi connectivity index (χ0n) is 12.3. The van der Waals surface area contributed by atoms with Crippen molar-refractivity contribution < 1.29 is 0 Å². The standard InChI is InChI=1S/C17H27N/c1-13-8-5-6-9-14(13)12-16(18-4)15-10-7-11-17(15,2)3/h5-6,8-9,15-16,18H,7,10-12H2,1-4H3. The summed E-state index contributed by atoms with van der Waals surface area (Å²) < 4.78 is 0. The third-order valence-electron chi connectivity index (χ3n) is 4.90. The van der Waals surface area contributed by atoms with E-state index in [1.165, 1.54) is 30.4 Å². The molecular formula is C17H27N. The van der Waals surface area contributed by atoms with E-state index in [1.807, 2.05) is 0 Å². The first kappa shape index (κ1) is 13.6. The predicted molar refractivity (Wildman–Crippen MR) is 78.9 cm³/mol. The Morgan fingerprint density at radius 2 is 2.06 bits per heavy atom. The van der Waals surface area contributed by atoms with Gasteiger partial charge >= 0.3 is 0 Å². The van der Waals surface area contributed by atoms with Gasteiger partial charge in [0.15, 0.2) is 0 Å². The Labute approximate surface area is 112 Å². The van der Waals surface area contributed by atoms with Gasteiger partial charge in [-0.25, -0.2) is 0 Å². The smallest absolute Gasteiger partial charge is 0.0138 e. The summed E-state index contributed by atoms with van der Waals surface area (Å²) in [4.78, 5) is 0. The molecule has 1 heteroatoms. The second-order valence-corrected chi connectivity index (χ2v) is 6.51. The minimum absolute atomic E-state index is 0.496. The molecule has 0 spiro atoms. The summed E-state index contributed by atoms with van der Waals surface area (Å²) in [6.45, 7) is 7.10. The molecule has 1 aliphatic rings. The Kier molecular flexibility index (Phi) is 4.11. The van der Waals surface area contributed by atoms with Crippen molar-refractivity contribution in [1.29, 1.82) is 0 Å². The highest BCUT2D eigenvalue weighted by atomic mass is 14.9. The maximum absolute atomic E-state index is 3.58. The van der Waals surface area contributed by atoms with Crippen LogP contribution in [0.25, 0.3) is 0 Å². The average molecular weight is 245 g/mol. The van der Waals surface area contributed by atoms with E-state index < -0.39 is 0 Å². The molecule has 2 unspecified atom stereocenters. The van der Waals surface area contributed by atoms with Gasteiger partial charge in [-0.2, -0.15) is 0 Å². The zero-order valence-corrected chi connectivity index (χ0v) is 12.3. The van der Waals surface area contributed by atoms with Crippen LogP contribution < -0.4 is 5.32 Å². The van der Waals surface area contributed by atoms with Crippen molar-refractivity contribution in [1.82, 2.24) is 5.32 Å². The van der Waals surface area contributed by atoms with Crippen molar-refractivity contribution >= 4 is 0 Å². The first-order valence-corrected chi connectivity index (χ1v) is 7.26. The normalized spacial score (nSPS) is 24.1. The van der Waals surface area contributed by atoms with Gasteiger partial charge in [0.2, 0.25) is 0 Å². The fourth-order valence-electron chi connectivity index (χ4n) is 3.62. The molecule has 0 bridgehead atoms. The molecule has 2 atom stereocenters. The highest BCUT2D eigenvalue weighted by molar-refractivity contribution is 5.26. The van der Waals surface area contributed by atoms with Crippen LogP contribution in [0, 0.1) is 18.3 Å². The minimum atomic E-state index is 0.496. The van der Waals surface area contributed by atoms with Crippen molar-refractivity contribution in [2.75, 3.05) is 7.05 Å². The third kappa shape index (κ3) is 2.77. The number of nitrogens with one attached hydrogen (secondary N) is 1. The van der Waals surface area contributed by atoms with Crippen LogP contribution >= 0.6 is 0 Å². The number of likely N-dealkylation sites (N-methyl/N-ethyl adjacent to an activating group) is 1. The Bertz CT molecular complexity index is 394. The highest BCUT2D eigenvalue weighted by Crippen LogP contribution is 2.44. The SMILES string of the molecule is CNC(Cc1ccccc1C)C1CCCC1(C)C. The summed E-state index contributed by atoms with van der Waals surface area (Å²) in [5, 5.41) is 3.58. The van der Waals surface area contributed by atoms with E-state index in [4.69, 9.17) is 0 Å². The molecule has 0 amide bonds. The molecule has 0 heterocycles. The maximum Gasteiger partial charge on any atom is 0.0138 e. The van der Waals surface area contributed by atoms with Crippen LogP contribution in [0.3, 0.4) is 0 Å². The van der Waals surface area contributed by atoms with E-state index in [9.17, 15) is 0 Å². The molecule has 2 rings (SSSR count). The quantitative estimate of drug-likeness (QED) is 0.847. The fraction of sp³-hybridized carbons (Fsp3) is 0.647. The van der Waals surface area contributed by atoms with Crippen LogP contribution in [0.4, 0.5) is 0 Å². The third-order valence-corrected chi connectivity index (χ3v) is 4.90. The molecule has 1 aromatic rings. The Hall–Kier alpha value is -0.820. The molecule has 1 N–H and O–H groups in total. The summed E-state index contributed by atoms with van der Waals surface area (Å²) >= 11 is 0. The van der Waals surface area contributed by atoms with Crippen LogP contribution in [0.1, 0.15) is 44.2 Å². The molecule has 0 saturated heterocycles. The Morgan fingerprint density at radius 3 is 2.61 bits per heavy atom. The molecule has 0 aromatic heterocycles. The van der Waals surface area contributed by atoms with Gasteiger partial charge in [0.05, 0.1) is 0 Å². The number of benzene rings is 1. The van der Waals surface area contributed by atoms with E-state index in [0.717, 1.165) is 12.3 Å². The maximum atomic E-state index is 3.58. The molecule has 0 aliphatic heterocycles. The molecule has 1 fully saturated rings. The molecule has 0 radical (unpaired) electrons. The highest BCUT2D eigenvalue weighted by Gasteiger charge is 2.38. The second-order valence-electron chi connectivity index (χ2n) is 6.51. The Morgan fingerprint density at radius 1 is 1.33 bits per heavy atom. The van der Waals surface area contributed by atoms with Crippen LogP contribution in [0.15, 0.2) is 24.3 Å². The van der Waals surface area contributed by atoms with Crippen molar-refractivity contribution in [3.05, 3.63) is 35.4 Å². The number of hydrogen-bond acceptors (Lipinski definition) is 1. The van der Waals surface area contributed by atoms with Crippen molar-refractivity contribution in [3.8, 4) is 0 Å². The predicted octanol–water partition coefficient (Wildman–Crippen LogP) is 3.95. The van der Waals surface area contributed by atoms with Gasteiger partial charge in [-0.1, -0.05) is 44.5 Å². The fourth-order valence-corrected chi connectivity index (χ4v) is 3.62. The van der Waals surface area contributed by atoms with Crippen LogP contribution in [-0.4, -0.2) is 13.1 Å². The van der Waals surface area contributed by atoms with E-state index in [2.05, 4.69) is 57.4 Å². The average Bonchev–Trinajstić information content (AvgIpc) is 2.68. The first-order chi connectivity index (χ1) is 8.54. The Balaban J connectivity index is 2.13. The topological polar surface area (TPSA) is 12.0 Å². The van der Waals surface area contributed by atoms with Gasteiger partial charge in [0.1, 0.15) is 0 Å². The number of hydrogen-bond donors (Lipinski definition) is 1. The van der Waals surface area contributed by atoms with Crippen molar-refractivity contribution in [3.63, 3.8) is 0 Å². The summed E-state index contributed by atoms with van der Waals surface area (Å²) in [5.74, 6) is 0.808. The van der Waals surface area contributed by atoms with Gasteiger partial charge in [-0.15, -0.1) is 0 Å². The lowest BCUT2D eigenvalue weighted by molar-refractivity contribution is 0.201. The number of rotatable bonds is 4. The van der Waals surface area contributed by atoms with E-state index in [0.29, 0.717) is 11.5 Å². The molecular weight excluding hydrogens is 218 g/mol. The zero-order chi connectivity index (χ0) is 13.2. The molecule has 18 heavy (non-hydrogen) atoms. The van der Waals surface area contributed by atoms with Gasteiger partial charge in [-0.05, 0) is 55.7 Å².